The Balaban J connectivity index is 1.56. The van der Waals surface area contributed by atoms with Crippen LogP contribution < -0.4 is 5.32 Å². The number of carbonyl (C=O) groups excluding carboxylic acids is 1. The Hall–Kier alpha value is -2.35. The van der Waals surface area contributed by atoms with Gasteiger partial charge in [0.1, 0.15) is 11.5 Å². The number of nitrogens with zero attached hydrogens (tertiary/aromatic N) is 5. The minimum atomic E-state index is -0.131. The van der Waals surface area contributed by atoms with Gasteiger partial charge in [-0.3, -0.25) is 4.79 Å². The predicted molar refractivity (Wildman–Crippen MR) is 88.7 cm³/mol. The topological polar surface area (TPSA) is 77.1 Å². The molecule has 1 amide bonds. The first-order valence-corrected chi connectivity index (χ1v) is 8.43. The van der Waals surface area contributed by atoms with E-state index >= 15 is 0 Å². The molecule has 3 rings (SSSR count). The van der Waals surface area contributed by atoms with Crippen molar-refractivity contribution in [2.24, 2.45) is 0 Å². The highest BCUT2D eigenvalue weighted by molar-refractivity contribution is 7.99. The van der Waals surface area contributed by atoms with Gasteiger partial charge in [0.15, 0.2) is 5.16 Å². The molecule has 1 N–H and O–H groups in total. The summed E-state index contributed by atoms with van der Waals surface area (Å²) in [4.78, 5) is 12.3. The van der Waals surface area contributed by atoms with E-state index in [1.807, 2.05) is 25.1 Å². The van der Waals surface area contributed by atoms with E-state index in [0.29, 0.717) is 12.2 Å². The lowest BCUT2D eigenvalue weighted by atomic mass is 10.3. The first kappa shape index (κ1) is 15.5. The Kier molecular flexibility index (Phi) is 4.61. The maximum Gasteiger partial charge on any atom is 0.269 e. The Labute approximate surface area is 138 Å². The van der Waals surface area contributed by atoms with Crippen molar-refractivity contribution in [2.75, 3.05) is 12.3 Å². The van der Waals surface area contributed by atoms with Crippen molar-refractivity contribution in [2.45, 2.75) is 25.5 Å². The van der Waals surface area contributed by atoms with Crippen molar-refractivity contribution in [3.63, 3.8) is 0 Å². The number of aromatic nitrogens is 5. The van der Waals surface area contributed by atoms with Crippen LogP contribution in [0.1, 0.15) is 23.2 Å². The van der Waals surface area contributed by atoms with Gasteiger partial charge >= 0.3 is 0 Å². The van der Waals surface area contributed by atoms with Crippen molar-refractivity contribution in [3.05, 3.63) is 42.0 Å². The molecule has 23 heavy (non-hydrogen) atoms. The van der Waals surface area contributed by atoms with Crippen LogP contribution in [0.3, 0.4) is 0 Å². The highest BCUT2D eigenvalue weighted by Crippen LogP contribution is 2.15. The molecule has 0 aliphatic heterocycles. The number of amides is 1. The summed E-state index contributed by atoms with van der Waals surface area (Å²) >= 11 is 1.59. The molecule has 8 heteroatoms. The summed E-state index contributed by atoms with van der Waals surface area (Å²) in [7, 11) is 0. The third kappa shape index (κ3) is 3.21. The van der Waals surface area contributed by atoms with E-state index in [0.717, 1.165) is 28.8 Å². The summed E-state index contributed by atoms with van der Waals surface area (Å²) < 4.78 is 3.69. The number of hydrogen-bond donors (Lipinski definition) is 1. The van der Waals surface area contributed by atoms with Crippen molar-refractivity contribution in [3.8, 4) is 0 Å². The lowest BCUT2D eigenvalue weighted by molar-refractivity contribution is 0.0949. The second-order valence-electron chi connectivity index (χ2n) is 4.96. The summed E-state index contributed by atoms with van der Waals surface area (Å²) in [6.07, 6.45) is 1.68. The number of aryl methyl sites for hydroxylation is 1. The molecule has 0 unspecified atom stereocenters. The van der Waals surface area contributed by atoms with Crippen LogP contribution in [-0.2, 0) is 6.54 Å². The number of hydrogen-bond acceptors (Lipinski definition) is 5. The highest BCUT2D eigenvalue weighted by atomic mass is 32.2. The van der Waals surface area contributed by atoms with E-state index in [1.54, 1.807) is 28.5 Å². The van der Waals surface area contributed by atoms with Gasteiger partial charge in [-0.05, 0) is 32.0 Å². The molecule has 0 aliphatic rings. The Morgan fingerprint density at radius 3 is 3.00 bits per heavy atom. The zero-order valence-corrected chi connectivity index (χ0v) is 13.9. The molecular weight excluding hydrogens is 312 g/mol. The molecule has 0 bridgehead atoms. The summed E-state index contributed by atoms with van der Waals surface area (Å²) in [6.45, 7) is 5.39. The van der Waals surface area contributed by atoms with Crippen LogP contribution in [0.4, 0.5) is 0 Å². The van der Waals surface area contributed by atoms with Crippen LogP contribution in [0.2, 0.25) is 0 Å². The maximum absolute atomic E-state index is 12.3. The summed E-state index contributed by atoms with van der Waals surface area (Å²) in [5.74, 6) is 1.51. The van der Waals surface area contributed by atoms with E-state index in [-0.39, 0.29) is 5.91 Å². The molecule has 3 aromatic heterocycles. The zero-order valence-electron chi connectivity index (χ0n) is 13.1. The molecule has 0 saturated heterocycles. The van der Waals surface area contributed by atoms with E-state index in [2.05, 4.69) is 32.1 Å². The van der Waals surface area contributed by atoms with E-state index in [1.165, 1.54) is 0 Å². The number of thioether (sulfide) groups is 1. The summed E-state index contributed by atoms with van der Waals surface area (Å²) in [5.41, 5.74) is 1.43. The largest absolute Gasteiger partial charge is 0.350 e. The third-order valence-electron chi connectivity index (χ3n) is 3.49. The van der Waals surface area contributed by atoms with Crippen molar-refractivity contribution in [1.29, 1.82) is 0 Å². The molecule has 7 nitrogen and oxygen atoms in total. The fourth-order valence-corrected chi connectivity index (χ4v) is 3.25. The monoisotopic (exact) mass is 330 g/mol. The number of fused-ring (bicyclic) bond motifs is 1. The average Bonchev–Trinajstić information content (AvgIpc) is 3.17. The first-order valence-electron chi connectivity index (χ1n) is 7.44. The van der Waals surface area contributed by atoms with Gasteiger partial charge in [0.05, 0.1) is 11.7 Å². The minimum absolute atomic E-state index is 0.131. The highest BCUT2D eigenvalue weighted by Gasteiger charge is 2.11. The van der Waals surface area contributed by atoms with Crippen LogP contribution in [-0.4, -0.2) is 42.6 Å². The van der Waals surface area contributed by atoms with Gasteiger partial charge in [0, 0.05) is 18.8 Å². The van der Waals surface area contributed by atoms with Crippen LogP contribution in [0.25, 0.3) is 5.52 Å². The first-order chi connectivity index (χ1) is 11.2. The minimum Gasteiger partial charge on any atom is -0.350 e. The number of pyridine rings is 1. The van der Waals surface area contributed by atoms with Gasteiger partial charge in [-0.15, -0.1) is 10.2 Å². The Bertz CT molecular complexity index is 824. The number of rotatable bonds is 6. The lowest BCUT2D eigenvalue weighted by Crippen LogP contribution is -2.27. The summed E-state index contributed by atoms with van der Waals surface area (Å²) in [6, 6.07) is 7.40. The lowest BCUT2D eigenvalue weighted by Gasteiger charge is -2.07. The van der Waals surface area contributed by atoms with Gasteiger partial charge in [0.2, 0.25) is 0 Å². The van der Waals surface area contributed by atoms with Crippen LogP contribution >= 0.6 is 11.8 Å². The van der Waals surface area contributed by atoms with E-state index < -0.39 is 0 Å². The van der Waals surface area contributed by atoms with Gasteiger partial charge in [-0.1, -0.05) is 17.8 Å². The predicted octanol–water partition coefficient (Wildman–Crippen LogP) is 1.78. The van der Waals surface area contributed by atoms with Gasteiger partial charge in [-0.2, -0.15) is 5.10 Å². The van der Waals surface area contributed by atoms with Crippen molar-refractivity contribution < 1.29 is 4.79 Å². The quantitative estimate of drug-likeness (QED) is 0.551. The third-order valence-corrected chi connectivity index (χ3v) is 4.46. The fraction of sp³-hybridized carbons (Fsp3) is 0.333. The molecule has 3 heterocycles. The fourth-order valence-electron chi connectivity index (χ4n) is 2.35. The SMILES string of the molecule is CCn1c(C)nnc1SCCNC(=O)c1cccc2ccnn12. The average molecular weight is 330 g/mol. The second kappa shape index (κ2) is 6.82. The number of nitrogens with one attached hydrogen (secondary N) is 1. The maximum atomic E-state index is 12.3. The molecule has 120 valence electrons. The Morgan fingerprint density at radius 2 is 2.17 bits per heavy atom. The molecule has 3 aromatic rings. The molecule has 0 aromatic carbocycles. The Morgan fingerprint density at radius 1 is 1.30 bits per heavy atom. The molecule has 0 fully saturated rings. The van der Waals surface area contributed by atoms with Crippen LogP contribution in [0, 0.1) is 6.92 Å². The molecule has 0 aliphatic carbocycles. The van der Waals surface area contributed by atoms with Crippen LogP contribution in [0.15, 0.2) is 35.6 Å². The number of carbonyl (C=O) groups is 1. The van der Waals surface area contributed by atoms with Crippen LogP contribution in [0.5, 0.6) is 0 Å². The van der Waals surface area contributed by atoms with Gasteiger partial charge in [0.25, 0.3) is 5.91 Å². The van der Waals surface area contributed by atoms with Crippen molar-refractivity contribution >= 4 is 23.2 Å². The van der Waals surface area contributed by atoms with E-state index in [4.69, 9.17) is 0 Å². The van der Waals surface area contributed by atoms with Gasteiger partial charge < -0.3 is 9.88 Å². The molecule has 0 saturated carbocycles. The molecular formula is C15H18N6OS. The zero-order chi connectivity index (χ0) is 16.2. The molecule has 0 atom stereocenters. The van der Waals surface area contributed by atoms with Gasteiger partial charge in [-0.25, -0.2) is 4.52 Å². The smallest absolute Gasteiger partial charge is 0.269 e. The van der Waals surface area contributed by atoms with E-state index in [9.17, 15) is 4.79 Å². The molecule has 0 radical (unpaired) electrons. The molecule has 0 spiro atoms. The normalized spacial score (nSPS) is 11.0. The standard InChI is InChI=1S/C15H18N6OS/c1-3-20-11(2)18-19-15(20)23-10-9-16-14(22)13-6-4-5-12-7-8-17-21(12)13/h4-8H,3,9-10H2,1-2H3,(H,16,22). The van der Waals surface area contributed by atoms with Crippen molar-refractivity contribution in [1.82, 2.24) is 29.7 Å². The summed E-state index contributed by atoms with van der Waals surface area (Å²) in [5, 5.41) is 16.2. The second-order valence-corrected chi connectivity index (χ2v) is 6.02.